The van der Waals surface area contributed by atoms with Crippen LogP contribution < -0.4 is 15.8 Å². The first kappa shape index (κ1) is 13.9. The van der Waals surface area contributed by atoms with Gasteiger partial charge in [-0.15, -0.1) is 0 Å². The Morgan fingerprint density at radius 3 is 2.84 bits per heavy atom. The third-order valence-corrected chi connectivity index (χ3v) is 3.61. The molecular formula is C15H22N2O2. The number of hydrogen-bond donors (Lipinski definition) is 2. The highest BCUT2D eigenvalue weighted by atomic mass is 16.5. The highest BCUT2D eigenvalue weighted by molar-refractivity contribution is 5.86. The summed E-state index contributed by atoms with van der Waals surface area (Å²) in [6.07, 6.45) is 3.67. The van der Waals surface area contributed by atoms with E-state index < -0.39 is 5.54 Å². The monoisotopic (exact) mass is 262 g/mol. The van der Waals surface area contributed by atoms with Gasteiger partial charge in [0.25, 0.3) is 0 Å². The Kier molecular flexibility index (Phi) is 4.43. The summed E-state index contributed by atoms with van der Waals surface area (Å²) in [4.78, 5) is 12.1. The van der Waals surface area contributed by atoms with Crippen molar-refractivity contribution < 1.29 is 9.53 Å². The topological polar surface area (TPSA) is 64.3 Å². The normalized spacial score (nSPS) is 17.2. The molecule has 104 valence electrons. The lowest BCUT2D eigenvalue weighted by Gasteiger charge is -2.22. The second-order valence-electron chi connectivity index (χ2n) is 5.13. The van der Waals surface area contributed by atoms with E-state index in [1.165, 1.54) is 0 Å². The van der Waals surface area contributed by atoms with Gasteiger partial charge in [0, 0.05) is 6.54 Å². The van der Waals surface area contributed by atoms with E-state index >= 15 is 0 Å². The van der Waals surface area contributed by atoms with E-state index in [9.17, 15) is 4.79 Å². The van der Waals surface area contributed by atoms with Crippen LogP contribution in [0, 0.1) is 0 Å². The van der Waals surface area contributed by atoms with Gasteiger partial charge in [-0.05, 0) is 37.5 Å². The molecule has 1 saturated carbocycles. The Bertz CT molecular complexity index is 440. The summed E-state index contributed by atoms with van der Waals surface area (Å²) in [6.45, 7) is 3.09. The number of nitrogens with two attached hydrogens (primary N) is 1. The predicted octanol–water partition coefficient (Wildman–Crippen LogP) is 1.97. The van der Waals surface area contributed by atoms with Gasteiger partial charge in [0.05, 0.1) is 12.1 Å². The maximum Gasteiger partial charge on any atom is 0.240 e. The van der Waals surface area contributed by atoms with Gasteiger partial charge in [-0.3, -0.25) is 4.79 Å². The minimum Gasteiger partial charge on any atom is -0.494 e. The van der Waals surface area contributed by atoms with Gasteiger partial charge in [-0.1, -0.05) is 25.0 Å². The van der Waals surface area contributed by atoms with E-state index in [1.54, 1.807) is 0 Å². The molecule has 1 aliphatic rings. The third kappa shape index (κ3) is 3.47. The Balaban J connectivity index is 1.91. The van der Waals surface area contributed by atoms with Crippen LogP contribution in [0.1, 0.15) is 38.2 Å². The minimum atomic E-state index is -0.655. The highest BCUT2D eigenvalue weighted by Crippen LogP contribution is 2.27. The molecule has 2 rings (SSSR count). The lowest BCUT2D eigenvalue weighted by Crippen LogP contribution is -2.51. The lowest BCUT2D eigenvalue weighted by molar-refractivity contribution is -0.126. The van der Waals surface area contributed by atoms with Crippen molar-refractivity contribution in [1.29, 1.82) is 0 Å². The molecule has 1 amide bonds. The molecular weight excluding hydrogens is 240 g/mol. The van der Waals surface area contributed by atoms with E-state index in [0.29, 0.717) is 13.2 Å². The highest BCUT2D eigenvalue weighted by Gasteiger charge is 2.36. The quantitative estimate of drug-likeness (QED) is 0.852. The first-order valence-corrected chi connectivity index (χ1v) is 6.93. The second-order valence-corrected chi connectivity index (χ2v) is 5.13. The molecule has 1 aromatic carbocycles. The molecule has 0 aromatic heterocycles. The van der Waals surface area contributed by atoms with E-state index in [4.69, 9.17) is 10.5 Å². The molecule has 1 aliphatic carbocycles. The molecule has 0 atom stereocenters. The fraction of sp³-hybridized carbons (Fsp3) is 0.533. The molecule has 0 heterocycles. The summed E-state index contributed by atoms with van der Waals surface area (Å²) in [5, 5.41) is 2.93. The fourth-order valence-corrected chi connectivity index (χ4v) is 2.50. The molecule has 0 unspecified atom stereocenters. The third-order valence-electron chi connectivity index (χ3n) is 3.61. The second kappa shape index (κ2) is 6.06. The number of benzene rings is 1. The summed E-state index contributed by atoms with van der Waals surface area (Å²) in [6, 6.07) is 7.76. The van der Waals surface area contributed by atoms with Gasteiger partial charge in [-0.25, -0.2) is 0 Å². The van der Waals surface area contributed by atoms with Crippen LogP contribution in [0.15, 0.2) is 24.3 Å². The number of rotatable bonds is 5. The fourth-order valence-electron chi connectivity index (χ4n) is 2.50. The van der Waals surface area contributed by atoms with Crippen LogP contribution in [0.25, 0.3) is 0 Å². The lowest BCUT2D eigenvalue weighted by atomic mass is 9.98. The average Bonchev–Trinajstić information content (AvgIpc) is 2.85. The van der Waals surface area contributed by atoms with Crippen LogP contribution in [0.5, 0.6) is 5.75 Å². The van der Waals surface area contributed by atoms with E-state index in [-0.39, 0.29) is 5.91 Å². The van der Waals surface area contributed by atoms with Crippen LogP contribution in [0.4, 0.5) is 0 Å². The van der Waals surface area contributed by atoms with Crippen molar-refractivity contribution in [1.82, 2.24) is 5.32 Å². The maximum atomic E-state index is 12.1. The molecule has 0 aliphatic heterocycles. The van der Waals surface area contributed by atoms with Crippen LogP contribution in [0.3, 0.4) is 0 Å². The summed E-state index contributed by atoms with van der Waals surface area (Å²) in [5.41, 5.74) is 6.48. The van der Waals surface area contributed by atoms with Gasteiger partial charge in [-0.2, -0.15) is 0 Å². The van der Waals surface area contributed by atoms with E-state index in [2.05, 4.69) is 5.32 Å². The Hall–Kier alpha value is -1.55. The molecule has 4 heteroatoms. The SMILES string of the molecule is CCOc1cccc(CNC(=O)C2(N)CCCC2)c1. The number of carbonyl (C=O) groups excluding carboxylic acids is 1. The predicted molar refractivity (Wildman–Crippen MR) is 74.8 cm³/mol. The smallest absolute Gasteiger partial charge is 0.240 e. The minimum absolute atomic E-state index is 0.0354. The van der Waals surface area contributed by atoms with Gasteiger partial charge < -0.3 is 15.8 Å². The van der Waals surface area contributed by atoms with Crippen molar-refractivity contribution in [2.45, 2.75) is 44.7 Å². The largest absolute Gasteiger partial charge is 0.494 e. The summed E-state index contributed by atoms with van der Waals surface area (Å²) >= 11 is 0. The van der Waals surface area contributed by atoms with Crippen molar-refractivity contribution in [3.05, 3.63) is 29.8 Å². The first-order valence-electron chi connectivity index (χ1n) is 6.93. The van der Waals surface area contributed by atoms with Crippen LogP contribution in [-0.2, 0) is 11.3 Å². The van der Waals surface area contributed by atoms with Crippen molar-refractivity contribution in [2.24, 2.45) is 5.73 Å². The summed E-state index contributed by atoms with van der Waals surface area (Å²) < 4.78 is 5.44. The van der Waals surface area contributed by atoms with E-state index in [1.807, 2.05) is 31.2 Å². The molecule has 4 nitrogen and oxygen atoms in total. The summed E-state index contributed by atoms with van der Waals surface area (Å²) in [7, 11) is 0. The molecule has 0 spiro atoms. The van der Waals surface area contributed by atoms with Crippen molar-refractivity contribution in [3.8, 4) is 5.75 Å². The zero-order chi connectivity index (χ0) is 13.7. The molecule has 1 fully saturated rings. The number of amides is 1. The standard InChI is InChI=1S/C15H22N2O2/c1-2-19-13-7-5-6-12(10-13)11-17-14(18)15(16)8-3-4-9-15/h5-7,10H,2-4,8-9,11,16H2,1H3,(H,17,18). The number of ether oxygens (including phenoxy) is 1. The molecule has 1 aromatic rings. The Morgan fingerprint density at radius 2 is 2.16 bits per heavy atom. The van der Waals surface area contributed by atoms with Crippen LogP contribution in [-0.4, -0.2) is 18.1 Å². The molecule has 0 saturated heterocycles. The Morgan fingerprint density at radius 1 is 1.42 bits per heavy atom. The first-order chi connectivity index (χ1) is 9.14. The molecule has 0 radical (unpaired) electrons. The van der Waals surface area contributed by atoms with Crippen molar-refractivity contribution >= 4 is 5.91 Å². The zero-order valence-electron chi connectivity index (χ0n) is 11.4. The van der Waals surface area contributed by atoms with Gasteiger partial charge in [0.1, 0.15) is 5.75 Å². The van der Waals surface area contributed by atoms with Crippen molar-refractivity contribution in [2.75, 3.05) is 6.61 Å². The number of hydrogen-bond acceptors (Lipinski definition) is 3. The molecule has 3 N–H and O–H groups in total. The van der Waals surface area contributed by atoms with Gasteiger partial charge in [0.2, 0.25) is 5.91 Å². The molecule has 0 bridgehead atoms. The van der Waals surface area contributed by atoms with Crippen LogP contribution in [0.2, 0.25) is 0 Å². The average molecular weight is 262 g/mol. The Labute approximate surface area is 114 Å². The number of nitrogens with one attached hydrogen (secondary N) is 1. The van der Waals surface area contributed by atoms with Crippen molar-refractivity contribution in [3.63, 3.8) is 0 Å². The zero-order valence-corrected chi connectivity index (χ0v) is 11.4. The van der Waals surface area contributed by atoms with E-state index in [0.717, 1.165) is 37.0 Å². The van der Waals surface area contributed by atoms with Gasteiger partial charge >= 0.3 is 0 Å². The molecule has 19 heavy (non-hydrogen) atoms. The maximum absolute atomic E-state index is 12.1. The van der Waals surface area contributed by atoms with Gasteiger partial charge in [0.15, 0.2) is 0 Å². The summed E-state index contributed by atoms with van der Waals surface area (Å²) in [5.74, 6) is 0.796. The number of carbonyl (C=O) groups is 1. The van der Waals surface area contributed by atoms with Crippen LogP contribution >= 0.6 is 0 Å².